The van der Waals surface area contributed by atoms with Crippen molar-refractivity contribution in [2.24, 2.45) is 10.9 Å². The van der Waals surface area contributed by atoms with Crippen LogP contribution in [-0.2, 0) is 10.0 Å². The molecule has 1 aromatic rings. The molecule has 5 N–H and O–H groups in total. The van der Waals surface area contributed by atoms with Crippen LogP contribution in [0.1, 0.15) is 43.0 Å². The summed E-state index contributed by atoms with van der Waals surface area (Å²) >= 11 is 0. The molecule has 0 spiro atoms. The second-order valence-electron chi connectivity index (χ2n) is 4.72. The zero-order valence-electron chi connectivity index (χ0n) is 12.3. The van der Waals surface area contributed by atoms with E-state index in [0.29, 0.717) is 12.8 Å². The van der Waals surface area contributed by atoms with Gasteiger partial charge in [0.15, 0.2) is 5.76 Å². The molecule has 0 unspecified atom stereocenters. The van der Waals surface area contributed by atoms with Crippen LogP contribution in [0.5, 0.6) is 0 Å². The zero-order valence-corrected chi connectivity index (χ0v) is 13.9. The molecule has 0 radical (unpaired) electrons. The number of primary sulfonamides is 1. The van der Waals surface area contributed by atoms with E-state index in [1.54, 1.807) is 0 Å². The summed E-state index contributed by atoms with van der Waals surface area (Å²) in [6.07, 6.45) is 1.32. The second kappa shape index (κ2) is 7.26. The predicted octanol–water partition coefficient (Wildman–Crippen LogP) is 0.905. The Labute approximate surface area is 130 Å². The maximum absolute atomic E-state index is 12.1. The van der Waals surface area contributed by atoms with Crippen molar-refractivity contribution < 1.29 is 17.6 Å². The van der Waals surface area contributed by atoms with E-state index in [9.17, 15) is 13.2 Å². The SMILES string of the molecule is CCC(CC)(CN)NC(=O)c1cc(S(N)(=O)=O)c(C)o1.Cl. The Kier molecular flexibility index (Phi) is 6.88. The fourth-order valence-electron chi connectivity index (χ4n) is 1.93. The molecular weight excluding hydrogens is 318 g/mol. The highest BCUT2D eigenvalue weighted by molar-refractivity contribution is 7.89. The number of rotatable bonds is 6. The van der Waals surface area contributed by atoms with Gasteiger partial charge in [0.2, 0.25) is 10.0 Å². The highest BCUT2D eigenvalue weighted by atomic mass is 35.5. The van der Waals surface area contributed by atoms with Crippen LogP contribution in [0.25, 0.3) is 0 Å². The molecule has 1 aromatic heterocycles. The number of carbonyl (C=O) groups is 1. The number of hydrogen-bond donors (Lipinski definition) is 3. The van der Waals surface area contributed by atoms with Gasteiger partial charge in [0.1, 0.15) is 10.7 Å². The molecule has 0 saturated heterocycles. The average molecular weight is 340 g/mol. The number of carbonyl (C=O) groups excluding carboxylic acids is 1. The van der Waals surface area contributed by atoms with E-state index in [0.717, 1.165) is 6.07 Å². The van der Waals surface area contributed by atoms with Crippen molar-refractivity contribution in [2.45, 2.75) is 44.0 Å². The van der Waals surface area contributed by atoms with Crippen LogP contribution in [0.15, 0.2) is 15.4 Å². The van der Waals surface area contributed by atoms with Crippen LogP contribution in [0, 0.1) is 6.92 Å². The largest absolute Gasteiger partial charge is 0.455 e. The Hall–Kier alpha value is -1.09. The van der Waals surface area contributed by atoms with Crippen molar-refractivity contribution in [3.63, 3.8) is 0 Å². The third-order valence-electron chi connectivity index (χ3n) is 3.53. The summed E-state index contributed by atoms with van der Waals surface area (Å²) in [5.74, 6) is -0.507. The number of aryl methyl sites for hydroxylation is 1. The molecule has 1 heterocycles. The Morgan fingerprint density at radius 1 is 1.38 bits per heavy atom. The van der Waals surface area contributed by atoms with Crippen LogP contribution >= 0.6 is 12.4 Å². The van der Waals surface area contributed by atoms with Gasteiger partial charge in [0.25, 0.3) is 5.91 Å². The van der Waals surface area contributed by atoms with Gasteiger partial charge in [0.05, 0.1) is 5.54 Å². The normalized spacial score (nSPS) is 11.9. The molecule has 0 aromatic carbocycles. The van der Waals surface area contributed by atoms with Gasteiger partial charge in [-0.15, -0.1) is 12.4 Å². The van der Waals surface area contributed by atoms with Gasteiger partial charge < -0.3 is 15.5 Å². The van der Waals surface area contributed by atoms with Gasteiger partial charge in [-0.2, -0.15) is 0 Å². The van der Waals surface area contributed by atoms with Gasteiger partial charge in [0, 0.05) is 12.6 Å². The fraction of sp³-hybridized carbons (Fsp3) is 0.583. The minimum absolute atomic E-state index is 0. The first kappa shape index (κ1) is 19.9. The lowest BCUT2D eigenvalue weighted by atomic mass is 9.93. The van der Waals surface area contributed by atoms with Gasteiger partial charge in [-0.05, 0) is 19.8 Å². The molecule has 0 aliphatic rings. The third-order valence-corrected chi connectivity index (χ3v) is 4.54. The van der Waals surface area contributed by atoms with E-state index in [2.05, 4.69) is 5.32 Å². The molecule has 1 rings (SSSR count). The van der Waals surface area contributed by atoms with Crippen molar-refractivity contribution >= 4 is 28.3 Å². The van der Waals surface area contributed by atoms with Crippen molar-refractivity contribution in [3.8, 4) is 0 Å². The summed E-state index contributed by atoms with van der Waals surface area (Å²) in [6, 6.07) is 1.13. The molecular formula is C12H22ClN3O4S. The lowest BCUT2D eigenvalue weighted by Gasteiger charge is -2.30. The number of amides is 1. The number of furan rings is 1. The lowest BCUT2D eigenvalue weighted by Crippen LogP contribution is -2.52. The molecule has 7 nitrogen and oxygen atoms in total. The van der Waals surface area contributed by atoms with Crippen LogP contribution < -0.4 is 16.2 Å². The highest BCUT2D eigenvalue weighted by Crippen LogP contribution is 2.20. The van der Waals surface area contributed by atoms with Gasteiger partial charge in [-0.3, -0.25) is 4.79 Å². The van der Waals surface area contributed by atoms with Crippen molar-refractivity contribution in [3.05, 3.63) is 17.6 Å². The molecule has 0 bridgehead atoms. The zero-order chi connectivity index (χ0) is 15.6. The number of hydrogen-bond acceptors (Lipinski definition) is 5. The number of sulfonamides is 1. The first-order valence-electron chi connectivity index (χ1n) is 6.35. The average Bonchev–Trinajstić information content (AvgIpc) is 2.78. The number of halogens is 1. The lowest BCUT2D eigenvalue weighted by molar-refractivity contribution is 0.0865. The molecule has 0 saturated carbocycles. The smallest absolute Gasteiger partial charge is 0.287 e. The summed E-state index contributed by atoms with van der Waals surface area (Å²) < 4.78 is 27.8. The Morgan fingerprint density at radius 2 is 1.90 bits per heavy atom. The quantitative estimate of drug-likeness (QED) is 0.709. The van der Waals surface area contributed by atoms with E-state index in [1.807, 2.05) is 13.8 Å². The number of nitrogens with two attached hydrogens (primary N) is 2. The molecule has 122 valence electrons. The summed E-state index contributed by atoms with van der Waals surface area (Å²) in [4.78, 5) is 11.9. The molecule has 21 heavy (non-hydrogen) atoms. The number of nitrogens with one attached hydrogen (secondary N) is 1. The molecule has 9 heteroatoms. The van der Waals surface area contributed by atoms with Gasteiger partial charge in [-0.25, -0.2) is 13.6 Å². The first-order valence-corrected chi connectivity index (χ1v) is 7.89. The van der Waals surface area contributed by atoms with Crippen LogP contribution in [-0.4, -0.2) is 26.4 Å². The maximum Gasteiger partial charge on any atom is 0.287 e. The molecule has 0 aliphatic carbocycles. The van der Waals surface area contributed by atoms with Crippen molar-refractivity contribution in [1.82, 2.24) is 5.32 Å². The topological polar surface area (TPSA) is 128 Å². The molecule has 0 atom stereocenters. The third kappa shape index (κ3) is 4.44. The van der Waals surface area contributed by atoms with Crippen molar-refractivity contribution in [1.29, 1.82) is 0 Å². The predicted molar refractivity (Wildman–Crippen MR) is 81.9 cm³/mol. The summed E-state index contributed by atoms with van der Waals surface area (Å²) in [5.41, 5.74) is 5.17. The van der Waals surface area contributed by atoms with E-state index in [4.69, 9.17) is 15.3 Å². The van der Waals surface area contributed by atoms with Crippen LogP contribution in [0.4, 0.5) is 0 Å². The molecule has 0 fully saturated rings. The summed E-state index contributed by atoms with van der Waals surface area (Å²) in [6.45, 7) is 5.55. The van der Waals surface area contributed by atoms with E-state index in [-0.39, 0.29) is 35.4 Å². The second-order valence-corrected chi connectivity index (χ2v) is 6.25. The Morgan fingerprint density at radius 3 is 2.24 bits per heavy atom. The first-order chi connectivity index (χ1) is 9.19. The standard InChI is InChI=1S/C12H21N3O4S.ClH/c1-4-12(5-2,7-13)15-11(16)9-6-10(8(3)19-9)20(14,17)18;/h6H,4-5,7,13H2,1-3H3,(H,15,16)(H2,14,17,18);1H. The Balaban J connectivity index is 0.00000400. The molecule has 1 amide bonds. The summed E-state index contributed by atoms with van der Waals surface area (Å²) in [5, 5.41) is 7.83. The fourth-order valence-corrected chi connectivity index (χ4v) is 2.64. The Bertz CT molecular complexity index is 585. The monoisotopic (exact) mass is 339 g/mol. The van der Waals surface area contributed by atoms with E-state index in [1.165, 1.54) is 6.92 Å². The van der Waals surface area contributed by atoms with E-state index < -0.39 is 21.5 Å². The maximum atomic E-state index is 12.1. The minimum Gasteiger partial charge on any atom is -0.455 e. The van der Waals surface area contributed by atoms with Crippen LogP contribution in [0.2, 0.25) is 0 Å². The van der Waals surface area contributed by atoms with Gasteiger partial charge >= 0.3 is 0 Å². The van der Waals surface area contributed by atoms with E-state index >= 15 is 0 Å². The van der Waals surface area contributed by atoms with Crippen molar-refractivity contribution in [2.75, 3.05) is 6.54 Å². The minimum atomic E-state index is -3.91. The molecule has 0 aliphatic heterocycles. The highest BCUT2D eigenvalue weighted by Gasteiger charge is 2.29. The van der Waals surface area contributed by atoms with Gasteiger partial charge in [-0.1, -0.05) is 13.8 Å². The summed E-state index contributed by atoms with van der Waals surface area (Å²) in [7, 11) is -3.91. The van der Waals surface area contributed by atoms with Crippen LogP contribution in [0.3, 0.4) is 0 Å².